The first kappa shape index (κ1) is 20.6. The Labute approximate surface area is 166 Å². The monoisotopic (exact) mass is 390 g/mol. The predicted molar refractivity (Wildman–Crippen MR) is 105 cm³/mol. The molecule has 5 nitrogen and oxygen atoms in total. The lowest BCUT2D eigenvalue weighted by Crippen LogP contribution is -2.44. The van der Waals surface area contributed by atoms with E-state index in [1.165, 1.54) is 25.0 Å². The van der Waals surface area contributed by atoms with Crippen molar-refractivity contribution in [3.05, 3.63) is 30.1 Å². The zero-order valence-corrected chi connectivity index (χ0v) is 16.6. The molecular formula is C22H31FN2O3. The molecule has 2 aliphatic rings. The lowest BCUT2D eigenvalue weighted by atomic mass is 9.95. The first-order valence-electron chi connectivity index (χ1n) is 10.6. The maximum Gasteiger partial charge on any atom is 0.225 e. The topological polar surface area (TPSA) is 49.9 Å². The summed E-state index contributed by atoms with van der Waals surface area (Å²) in [5.74, 6) is 0.630. The summed E-state index contributed by atoms with van der Waals surface area (Å²) < 4.78 is 18.6. The van der Waals surface area contributed by atoms with Crippen molar-refractivity contribution in [3.8, 4) is 5.75 Å². The SMILES string of the molecule is O=C(CCCOc1cccc(F)c1)N1CCC(C(=O)N2CCCCCC2)CC1. The zero-order chi connectivity index (χ0) is 19.8. The third-order valence-electron chi connectivity index (χ3n) is 5.71. The van der Waals surface area contributed by atoms with Crippen molar-refractivity contribution >= 4 is 11.8 Å². The fourth-order valence-electron chi connectivity index (χ4n) is 4.05. The fraction of sp³-hybridized carbons (Fsp3) is 0.636. The number of amides is 2. The van der Waals surface area contributed by atoms with Crippen molar-refractivity contribution < 1.29 is 18.7 Å². The lowest BCUT2D eigenvalue weighted by molar-refractivity contribution is -0.140. The standard InChI is InChI=1S/C22H31FN2O3/c23-19-7-5-8-20(17-19)28-16-6-9-21(26)24-14-10-18(11-15-24)22(27)25-12-3-1-2-4-13-25/h5,7-8,17-18H,1-4,6,9-16H2. The Balaban J connectivity index is 1.34. The van der Waals surface area contributed by atoms with Crippen LogP contribution in [0.15, 0.2) is 24.3 Å². The summed E-state index contributed by atoms with van der Waals surface area (Å²) >= 11 is 0. The quantitative estimate of drug-likeness (QED) is 0.697. The second-order valence-corrected chi connectivity index (χ2v) is 7.80. The minimum absolute atomic E-state index is 0.0680. The molecule has 0 unspecified atom stereocenters. The molecule has 0 saturated carbocycles. The van der Waals surface area contributed by atoms with Gasteiger partial charge in [0.1, 0.15) is 11.6 Å². The molecule has 0 N–H and O–H groups in total. The predicted octanol–water partition coefficient (Wildman–Crippen LogP) is 3.63. The van der Waals surface area contributed by atoms with E-state index < -0.39 is 0 Å². The Morgan fingerprint density at radius 3 is 2.39 bits per heavy atom. The second kappa shape index (κ2) is 10.4. The van der Waals surface area contributed by atoms with Gasteiger partial charge in [-0.25, -0.2) is 4.39 Å². The molecule has 0 atom stereocenters. The molecule has 0 bridgehead atoms. The molecule has 0 radical (unpaired) electrons. The highest BCUT2D eigenvalue weighted by Crippen LogP contribution is 2.22. The van der Waals surface area contributed by atoms with Crippen molar-refractivity contribution in [2.45, 2.75) is 51.4 Å². The summed E-state index contributed by atoms with van der Waals surface area (Å²) in [5.41, 5.74) is 0. The maximum absolute atomic E-state index is 13.1. The molecule has 154 valence electrons. The van der Waals surface area contributed by atoms with Crippen LogP contribution in [-0.2, 0) is 9.59 Å². The number of carbonyl (C=O) groups is 2. The highest BCUT2D eigenvalue weighted by atomic mass is 19.1. The van der Waals surface area contributed by atoms with Crippen molar-refractivity contribution in [3.63, 3.8) is 0 Å². The van der Waals surface area contributed by atoms with Gasteiger partial charge in [0, 0.05) is 44.6 Å². The van der Waals surface area contributed by atoms with Crippen LogP contribution in [0.3, 0.4) is 0 Å². The summed E-state index contributed by atoms with van der Waals surface area (Å²) in [5, 5.41) is 0. The fourth-order valence-corrected chi connectivity index (χ4v) is 4.05. The molecule has 0 aromatic heterocycles. The van der Waals surface area contributed by atoms with Gasteiger partial charge >= 0.3 is 0 Å². The van der Waals surface area contributed by atoms with Crippen LogP contribution in [0.2, 0.25) is 0 Å². The van der Waals surface area contributed by atoms with Gasteiger partial charge in [-0.2, -0.15) is 0 Å². The van der Waals surface area contributed by atoms with E-state index in [2.05, 4.69) is 0 Å². The molecule has 2 heterocycles. The van der Waals surface area contributed by atoms with E-state index in [1.807, 2.05) is 9.80 Å². The van der Waals surface area contributed by atoms with E-state index in [9.17, 15) is 14.0 Å². The van der Waals surface area contributed by atoms with Crippen LogP contribution in [0, 0.1) is 11.7 Å². The third kappa shape index (κ3) is 5.94. The summed E-state index contributed by atoms with van der Waals surface area (Å²) in [6.07, 6.45) is 7.21. The number of ether oxygens (including phenoxy) is 1. The lowest BCUT2D eigenvalue weighted by Gasteiger charge is -2.34. The third-order valence-corrected chi connectivity index (χ3v) is 5.71. The molecule has 28 heavy (non-hydrogen) atoms. The number of nitrogens with zero attached hydrogens (tertiary/aromatic N) is 2. The first-order valence-corrected chi connectivity index (χ1v) is 10.6. The van der Waals surface area contributed by atoms with E-state index in [4.69, 9.17) is 4.74 Å². The highest BCUT2D eigenvalue weighted by molar-refractivity contribution is 5.80. The Morgan fingerprint density at radius 2 is 1.71 bits per heavy atom. The molecule has 0 spiro atoms. The number of rotatable bonds is 6. The Hall–Kier alpha value is -2.11. The van der Waals surface area contributed by atoms with Crippen LogP contribution in [0.25, 0.3) is 0 Å². The number of hydrogen-bond acceptors (Lipinski definition) is 3. The first-order chi connectivity index (χ1) is 13.6. The Morgan fingerprint density at radius 1 is 1.00 bits per heavy atom. The number of piperidine rings is 1. The second-order valence-electron chi connectivity index (χ2n) is 7.80. The average Bonchev–Trinajstić information content (AvgIpc) is 3.00. The minimum Gasteiger partial charge on any atom is -0.493 e. The average molecular weight is 390 g/mol. The number of carbonyl (C=O) groups excluding carboxylic acids is 2. The van der Waals surface area contributed by atoms with Crippen molar-refractivity contribution in [1.82, 2.24) is 9.80 Å². The van der Waals surface area contributed by atoms with Gasteiger partial charge in [0.25, 0.3) is 0 Å². The van der Waals surface area contributed by atoms with Gasteiger partial charge in [0.2, 0.25) is 11.8 Å². The molecule has 2 aliphatic heterocycles. The van der Waals surface area contributed by atoms with E-state index in [1.54, 1.807) is 12.1 Å². The van der Waals surface area contributed by atoms with Crippen LogP contribution in [0.1, 0.15) is 51.4 Å². The molecule has 6 heteroatoms. The molecule has 3 rings (SSSR count). The number of benzene rings is 1. The van der Waals surface area contributed by atoms with E-state index in [0.29, 0.717) is 38.3 Å². The number of halogens is 1. The van der Waals surface area contributed by atoms with Gasteiger partial charge < -0.3 is 14.5 Å². The highest BCUT2D eigenvalue weighted by Gasteiger charge is 2.30. The summed E-state index contributed by atoms with van der Waals surface area (Å²) in [7, 11) is 0. The largest absolute Gasteiger partial charge is 0.493 e. The van der Waals surface area contributed by atoms with Gasteiger partial charge in [0.15, 0.2) is 0 Å². The van der Waals surface area contributed by atoms with E-state index in [0.717, 1.165) is 38.8 Å². The number of likely N-dealkylation sites (tertiary alicyclic amines) is 2. The van der Waals surface area contributed by atoms with Crippen molar-refractivity contribution in [2.24, 2.45) is 5.92 Å². The Kier molecular flexibility index (Phi) is 7.69. The van der Waals surface area contributed by atoms with Gasteiger partial charge in [-0.1, -0.05) is 18.9 Å². The Bertz CT molecular complexity index is 651. The zero-order valence-electron chi connectivity index (χ0n) is 16.6. The summed E-state index contributed by atoms with van der Waals surface area (Å²) in [6, 6.07) is 6.02. The van der Waals surface area contributed by atoms with Gasteiger partial charge in [-0.05, 0) is 44.2 Å². The molecular weight excluding hydrogens is 359 g/mol. The van der Waals surface area contributed by atoms with Crippen LogP contribution in [0.4, 0.5) is 4.39 Å². The summed E-state index contributed by atoms with van der Waals surface area (Å²) in [4.78, 5) is 29.0. The molecule has 2 saturated heterocycles. The summed E-state index contributed by atoms with van der Waals surface area (Å²) in [6.45, 7) is 3.49. The van der Waals surface area contributed by atoms with Crippen molar-refractivity contribution in [2.75, 3.05) is 32.8 Å². The van der Waals surface area contributed by atoms with Crippen LogP contribution < -0.4 is 4.74 Å². The van der Waals surface area contributed by atoms with Gasteiger partial charge in [-0.15, -0.1) is 0 Å². The van der Waals surface area contributed by atoms with Gasteiger partial charge in [-0.3, -0.25) is 9.59 Å². The molecule has 2 amide bonds. The van der Waals surface area contributed by atoms with Crippen LogP contribution in [0.5, 0.6) is 5.75 Å². The van der Waals surface area contributed by atoms with Crippen LogP contribution in [-0.4, -0.2) is 54.4 Å². The van der Waals surface area contributed by atoms with Crippen molar-refractivity contribution in [1.29, 1.82) is 0 Å². The van der Waals surface area contributed by atoms with E-state index >= 15 is 0 Å². The molecule has 1 aromatic rings. The minimum atomic E-state index is -0.328. The number of hydrogen-bond donors (Lipinski definition) is 0. The smallest absolute Gasteiger partial charge is 0.225 e. The molecule has 0 aliphatic carbocycles. The maximum atomic E-state index is 13.1. The molecule has 1 aromatic carbocycles. The normalized spacial score (nSPS) is 18.6. The molecule has 2 fully saturated rings. The van der Waals surface area contributed by atoms with Crippen LogP contribution >= 0.6 is 0 Å². The van der Waals surface area contributed by atoms with E-state index in [-0.39, 0.29) is 23.5 Å². The van der Waals surface area contributed by atoms with Gasteiger partial charge in [0.05, 0.1) is 6.61 Å².